The van der Waals surface area contributed by atoms with E-state index in [1.54, 1.807) is 38.1 Å². The molecule has 1 aromatic rings. The van der Waals surface area contributed by atoms with E-state index in [1.165, 1.54) is 6.08 Å². The Hall–Kier alpha value is -2.30. The van der Waals surface area contributed by atoms with Crippen LogP contribution < -0.4 is 5.32 Å². The van der Waals surface area contributed by atoms with Crippen LogP contribution >= 0.6 is 0 Å². The van der Waals surface area contributed by atoms with Crippen LogP contribution in [0, 0.1) is 0 Å². The topological polar surface area (TPSA) is 64.6 Å². The Kier molecular flexibility index (Phi) is 6.89. The zero-order valence-electron chi connectivity index (χ0n) is 11.7. The van der Waals surface area contributed by atoms with Crippen molar-refractivity contribution in [3.63, 3.8) is 0 Å². The molecule has 0 unspecified atom stereocenters. The number of Topliss-reactive ketones (excluding diaryl/α,β-unsaturated/α-hetero) is 1. The van der Waals surface area contributed by atoms with Crippen molar-refractivity contribution in [2.45, 2.75) is 13.8 Å². The minimum Gasteiger partial charge on any atom is -0.479 e. The van der Waals surface area contributed by atoms with E-state index in [9.17, 15) is 9.59 Å². The average molecular weight is 277 g/mol. The molecule has 1 N–H and O–H groups in total. The van der Waals surface area contributed by atoms with Crippen LogP contribution in [0.25, 0.3) is 0 Å². The van der Waals surface area contributed by atoms with Crippen LogP contribution in [0.15, 0.2) is 42.3 Å². The normalized spacial score (nSPS) is 10.8. The summed E-state index contributed by atoms with van der Waals surface area (Å²) < 4.78 is 10.0. The molecule has 0 aliphatic rings. The van der Waals surface area contributed by atoms with Gasteiger partial charge in [0, 0.05) is 5.56 Å². The van der Waals surface area contributed by atoms with Gasteiger partial charge in [-0.05, 0) is 13.8 Å². The van der Waals surface area contributed by atoms with Gasteiger partial charge in [-0.2, -0.15) is 0 Å². The van der Waals surface area contributed by atoms with Crippen molar-refractivity contribution < 1.29 is 19.1 Å². The number of hydrogen-bond acceptors (Lipinski definition) is 5. The largest absolute Gasteiger partial charge is 0.479 e. The summed E-state index contributed by atoms with van der Waals surface area (Å²) >= 11 is 0. The van der Waals surface area contributed by atoms with E-state index >= 15 is 0 Å². The molecule has 5 heteroatoms. The van der Waals surface area contributed by atoms with Crippen LogP contribution in [-0.4, -0.2) is 31.5 Å². The monoisotopic (exact) mass is 277 g/mol. The maximum absolute atomic E-state index is 11.9. The predicted octanol–water partition coefficient (Wildman–Crippen LogP) is 1.90. The van der Waals surface area contributed by atoms with Crippen LogP contribution in [0.4, 0.5) is 0 Å². The smallest absolute Gasteiger partial charge is 0.336 e. The third-order valence-corrected chi connectivity index (χ3v) is 2.35. The summed E-state index contributed by atoms with van der Waals surface area (Å²) in [4.78, 5) is 23.2. The number of nitrogens with one attached hydrogen (secondary N) is 1. The highest BCUT2D eigenvalue weighted by molar-refractivity contribution is 5.97. The van der Waals surface area contributed by atoms with Gasteiger partial charge in [0.2, 0.25) is 0 Å². The minimum absolute atomic E-state index is 0.0508. The summed E-state index contributed by atoms with van der Waals surface area (Å²) in [5.41, 5.74) is 0.604. The molecule has 0 aliphatic heterocycles. The fourth-order valence-electron chi connectivity index (χ4n) is 1.48. The molecular weight excluding hydrogens is 258 g/mol. The van der Waals surface area contributed by atoms with E-state index in [2.05, 4.69) is 5.32 Å². The lowest BCUT2D eigenvalue weighted by Gasteiger charge is -2.10. The summed E-state index contributed by atoms with van der Waals surface area (Å²) in [5, 5.41) is 2.80. The number of carbonyl (C=O) groups excluding carboxylic acids is 2. The lowest BCUT2D eigenvalue weighted by molar-refractivity contribution is -0.137. The van der Waals surface area contributed by atoms with Gasteiger partial charge in [-0.25, -0.2) is 4.79 Å². The molecule has 1 aromatic carbocycles. The second-order valence-electron chi connectivity index (χ2n) is 3.84. The van der Waals surface area contributed by atoms with Crippen molar-refractivity contribution in [1.29, 1.82) is 0 Å². The lowest BCUT2D eigenvalue weighted by Crippen LogP contribution is -2.25. The van der Waals surface area contributed by atoms with Crippen LogP contribution in [0.3, 0.4) is 0 Å². The zero-order valence-corrected chi connectivity index (χ0v) is 11.7. The van der Waals surface area contributed by atoms with Gasteiger partial charge in [0.25, 0.3) is 0 Å². The number of carbonyl (C=O) groups is 2. The fourth-order valence-corrected chi connectivity index (χ4v) is 1.48. The molecule has 0 fully saturated rings. The molecule has 0 atom stereocenters. The number of ketones is 1. The molecule has 0 aliphatic carbocycles. The average Bonchev–Trinajstić information content (AvgIpc) is 2.46. The van der Waals surface area contributed by atoms with Gasteiger partial charge < -0.3 is 14.8 Å². The number of rotatable bonds is 8. The van der Waals surface area contributed by atoms with Gasteiger partial charge in [0.05, 0.1) is 25.8 Å². The molecule has 20 heavy (non-hydrogen) atoms. The predicted molar refractivity (Wildman–Crippen MR) is 75.1 cm³/mol. The highest BCUT2D eigenvalue weighted by Gasteiger charge is 2.08. The Balaban J connectivity index is 2.59. The molecule has 0 radical (unpaired) electrons. The number of benzene rings is 1. The van der Waals surface area contributed by atoms with Crippen molar-refractivity contribution in [3.8, 4) is 0 Å². The van der Waals surface area contributed by atoms with Crippen LogP contribution in [0.2, 0.25) is 0 Å². The van der Waals surface area contributed by atoms with Crippen LogP contribution in [0.1, 0.15) is 24.2 Å². The highest BCUT2D eigenvalue weighted by Crippen LogP contribution is 2.00. The third kappa shape index (κ3) is 5.56. The van der Waals surface area contributed by atoms with Gasteiger partial charge in [-0.1, -0.05) is 30.3 Å². The van der Waals surface area contributed by atoms with E-state index in [4.69, 9.17) is 9.47 Å². The molecule has 0 amide bonds. The van der Waals surface area contributed by atoms with Gasteiger partial charge >= 0.3 is 5.97 Å². The molecule has 0 heterocycles. The van der Waals surface area contributed by atoms with Crippen molar-refractivity contribution in [2.24, 2.45) is 0 Å². The van der Waals surface area contributed by atoms with E-state index < -0.39 is 5.97 Å². The standard InChI is InChI=1S/C15H19NO4/c1-3-19-14(10-15(18)20-4-2)16-11-13(17)12-8-6-5-7-9-12/h5-10,16H,3-4,11H2,1-2H3/b14-10+. The Morgan fingerprint density at radius 1 is 1.10 bits per heavy atom. The van der Waals surface area contributed by atoms with E-state index in [0.29, 0.717) is 12.2 Å². The molecule has 0 aromatic heterocycles. The maximum Gasteiger partial charge on any atom is 0.336 e. The van der Waals surface area contributed by atoms with E-state index in [1.807, 2.05) is 6.07 Å². The molecule has 0 saturated heterocycles. The molecular formula is C15H19NO4. The minimum atomic E-state index is -0.504. The lowest BCUT2D eigenvalue weighted by atomic mass is 10.1. The van der Waals surface area contributed by atoms with Crippen LogP contribution in [0.5, 0.6) is 0 Å². The number of ether oxygens (including phenoxy) is 2. The van der Waals surface area contributed by atoms with Gasteiger partial charge in [0.1, 0.15) is 0 Å². The first-order chi connectivity index (χ1) is 9.67. The number of esters is 1. The molecule has 0 saturated carbocycles. The maximum atomic E-state index is 11.9. The summed E-state index contributed by atoms with van der Waals surface area (Å²) in [6, 6.07) is 8.91. The second kappa shape index (κ2) is 8.74. The summed E-state index contributed by atoms with van der Waals surface area (Å²) in [5.74, 6) is -0.356. The fraction of sp³-hybridized carbons (Fsp3) is 0.333. The van der Waals surface area contributed by atoms with E-state index in [0.717, 1.165) is 0 Å². The molecule has 5 nitrogen and oxygen atoms in total. The third-order valence-electron chi connectivity index (χ3n) is 2.35. The van der Waals surface area contributed by atoms with Crippen molar-refractivity contribution in [3.05, 3.63) is 47.9 Å². The SMILES string of the molecule is CCOC(=O)/C=C(\NCC(=O)c1ccccc1)OCC. The quantitative estimate of drug-likeness (QED) is 0.340. The molecule has 1 rings (SSSR count). The van der Waals surface area contributed by atoms with Crippen molar-refractivity contribution in [2.75, 3.05) is 19.8 Å². The Morgan fingerprint density at radius 2 is 1.75 bits per heavy atom. The first-order valence-corrected chi connectivity index (χ1v) is 6.50. The van der Waals surface area contributed by atoms with Gasteiger partial charge in [-0.15, -0.1) is 0 Å². The van der Waals surface area contributed by atoms with Gasteiger partial charge in [0.15, 0.2) is 11.7 Å². The first kappa shape index (κ1) is 15.8. The summed E-state index contributed by atoms with van der Waals surface area (Å²) in [6.45, 7) is 4.24. The Morgan fingerprint density at radius 3 is 2.35 bits per heavy atom. The van der Waals surface area contributed by atoms with Crippen LogP contribution in [-0.2, 0) is 14.3 Å². The molecule has 0 bridgehead atoms. The zero-order chi connectivity index (χ0) is 14.8. The highest BCUT2D eigenvalue weighted by atomic mass is 16.5. The Labute approximate surface area is 118 Å². The molecule has 0 spiro atoms. The molecule has 108 valence electrons. The second-order valence-corrected chi connectivity index (χ2v) is 3.84. The summed E-state index contributed by atoms with van der Waals surface area (Å²) in [6.07, 6.45) is 1.20. The van der Waals surface area contributed by atoms with Crippen molar-refractivity contribution in [1.82, 2.24) is 5.32 Å². The first-order valence-electron chi connectivity index (χ1n) is 6.50. The van der Waals surface area contributed by atoms with Gasteiger partial charge in [-0.3, -0.25) is 4.79 Å². The summed E-state index contributed by atoms with van der Waals surface area (Å²) in [7, 11) is 0. The number of hydrogen-bond donors (Lipinski definition) is 1. The van der Waals surface area contributed by atoms with Crippen molar-refractivity contribution >= 4 is 11.8 Å². The Bertz CT molecular complexity index is 468. The van der Waals surface area contributed by atoms with E-state index in [-0.39, 0.29) is 24.8 Å².